The van der Waals surface area contributed by atoms with Crippen molar-refractivity contribution >= 4 is 27.5 Å². The van der Waals surface area contributed by atoms with E-state index in [2.05, 4.69) is 21.2 Å². The molecule has 1 aromatic carbocycles. The van der Waals surface area contributed by atoms with Crippen LogP contribution in [0.2, 0.25) is 0 Å². The number of amides is 1. The van der Waals surface area contributed by atoms with E-state index < -0.39 is 5.82 Å². The molecule has 0 unspecified atom stereocenters. The van der Waals surface area contributed by atoms with Crippen molar-refractivity contribution in [3.63, 3.8) is 0 Å². The molecule has 0 heterocycles. The molecular weight excluding hydrogens is 303 g/mol. The zero-order chi connectivity index (χ0) is 13.3. The zero-order valence-corrected chi connectivity index (χ0v) is 11.5. The Morgan fingerprint density at radius 2 is 2.22 bits per heavy atom. The highest BCUT2D eigenvalue weighted by Gasteiger charge is 2.30. The minimum absolute atomic E-state index is 0.0354. The standard InChI is InChI=1S/C12H14BrFN2O2/c1-18-7-2-6(3-7)16-12(17)8-4-11(15)10(14)5-9(8)13/h4-7H,2-3,15H2,1H3,(H,16,17). The van der Waals surface area contributed by atoms with E-state index in [0.717, 1.165) is 12.8 Å². The van der Waals surface area contributed by atoms with Crippen LogP contribution in [0.15, 0.2) is 16.6 Å². The normalized spacial score (nSPS) is 22.4. The predicted octanol–water partition coefficient (Wildman–Crippen LogP) is 2.08. The molecule has 0 aromatic heterocycles. The van der Waals surface area contributed by atoms with Crippen molar-refractivity contribution in [2.24, 2.45) is 0 Å². The molecule has 1 aliphatic carbocycles. The van der Waals surface area contributed by atoms with Gasteiger partial charge in [-0.15, -0.1) is 0 Å². The lowest BCUT2D eigenvalue weighted by molar-refractivity contribution is 0.0176. The summed E-state index contributed by atoms with van der Waals surface area (Å²) in [6.07, 6.45) is 1.82. The molecule has 18 heavy (non-hydrogen) atoms. The van der Waals surface area contributed by atoms with Crippen molar-refractivity contribution < 1.29 is 13.9 Å². The molecule has 0 aliphatic heterocycles. The van der Waals surface area contributed by atoms with Gasteiger partial charge in [-0.05, 0) is 40.9 Å². The number of ether oxygens (including phenoxy) is 1. The van der Waals surface area contributed by atoms with Gasteiger partial charge >= 0.3 is 0 Å². The van der Waals surface area contributed by atoms with E-state index in [1.165, 1.54) is 12.1 Å². The highest BCUT2D eigenvalue weighted by molar-refractivity contribution is 9.10. The summed E-state index contributed by atoms with van der Waals surface area (Å²) < 4.78 is 18.7. The van der Waals surface area contributed by atoms with E-state index in [4.69, 9.17) is 10.5 Å². The van der Waals surface area contributed by atoms with Crippen LogP contribution in [0, 0.1) is 5.82 Å². The van der Waals surface area contributed by atoms with Gasteiger partial charge in [-0.3, -0.25) is 4.79 Å². The molecule has 0 bridgehead atoms. The van der Waals surface area contributed by atoms with Crippen molar-refractivity contribution in [1.82, 2.24) is 5.32 Å². The van der Waals surface area contributed by atoms with Crippen LogP contribution in [0.25, 0.3) is 0 Å². The van der Waals surface area contributed by atoms with Gasteiger partial charge in [0, 0.05) is 17.6 Å². The molecule has 2 rings (SSSR count). The number of nitrogens with one attached hydrogen (secondary N) is 1. The number of carbonyl (C=O) groups is 1. The first-order chi connectivity index (χ1) is 8.51. The largest absolute Gasteiger partial charge is 0.396 e. The smallest absolute Gasteiger partial charge is 0.252 e. The molecule has 1 aliphatic rings. The summed E-state index contributed by atoms with van der Waals surface area (Å²) >= 11 is 3.16. The fourth-order valence-electron chi connectivity index (χ4n) is 1.88. The number of nitrogens with two attached hydrogens (primary N) is 1. The number of hydrogen-bond acceptors (Lipinski definition) is 3. The minimum atomic E-state index is -0.540. The molecule has 1 aromatic rings. The Balaban J connectivity index is 2.03. The highest BCUT2D eigenvalue weighted by atomic mass is 79.9. The monoisotopic (exact) mass is 316 g/mol. The summed E-state index contributed by atoms with van der Waals surface area (Å²) in [5.41, 5.74) is 5.76. The first kappa shape index (κ1) is 13.3. The fraction of sp³-hybridized carbons (Fsp3) is 0.417. The summed E-state index contributed by atoms with van der Waals surface area (Å²) in [6.45, 7) is 0. The van der Waals surface area contributed by atoms with Gasteiger partial charge in [0.2, 0.25) is 0 Å². The number of benzene rings is 1. The Hall–Kier alpha value is -1.14. The van der Waals surface area contributed by atoms with Crippen LogP contribution in [0.3, 0.4) is 0 Å². The summed E-state index contributed by atoms with van der Waals surface area (Å²) in [4.78, 5) is 12.0. The van der Waals surface area contributed by atoms with Crippen molar-refractivity contribution in [3.8, 4) is 0 Å². The zero-order valence-electron chi connectivity index (χ0n) is 9.87. The number of methoxy groups -OCH3 is 1. The van der Waals surface area contributed by atoms with Crippen molar-refractivity contribution in [1.29, 1.82) is 0 Å². The lowest BCUT2D eigenvalue weighted by Crippen LogP contribution is -2.47. The van der Waals surface area contributed by atoms with Gasteiger partial charge in [0.1, 0.15) is 5.82 Å². The maximum absolute atomic E-state index is 13.2. The first-order valence-electron chi connectivity index (χ1n) is 5.59. The van der Waals surface area contributed by atoms with Crippen molar-refractivity contribution in [3.05, 3.63) is 28.0 Å². The van der Waals surface area contributed by atoms with Gasteiger partial charge in [-0.25, -0.2) is 4.39 Å². The van der Waals surface area contributed by atoms with Gasteiger partial charge in [-0.2, -0.15) is 0 Å². The predicted molar refractivity (Wildman–Crippen MR) is 69.8 cm³/mol. The molecule has 0 saturated heterocycles. The van der Waals surface area contributed by atoms with E-state index >= 15 is 0 Å². The molecule has 3 N–H and O–H groups in total. The summed E-state index contributed by atoms with van der Waals surface area (Å²) in [7, 11) is 1.65. The summed E-state index contributed by atoms with van der Waals surface area (Å²) in [5.74, 6) is -0.797. The van der Waals surface area contributed by atoms with E-state index in [0.29, 0.717) is 10.0 Å². The van der Waals surface area contributed by atoms with Crippen LogP contribution < -0.4 is 11.1 Å². The average molecular weight is 317 g/mol. The highest BCUT2D eigenvalue weighted by Crippen LogP contribution is 2.26. The van der Waals surface area contributed by atoms with Gasteiger partial charge in [-0.1, -0.05) is 0 Å². The van der Waals surface area contributed by atoms with Crippen LogP contribution in [0.5, 0.6) is 0 Å². The van der Waals surface area contributed by atoms with Gasteiger partial charge in [0.05, 0.1) is 17.4 Å². The van der Waals surface area contributed by atoms with E-state index in [-0.39, 0.29) is 23.7 Å². The molecule has 0 spiro atoms. The number of carbonyl (C=O) groups excluding carboxylic acids is 1. The second-order valence-electron chi connectivity index (χ2n) is 4.35. The number of halogens is 2. The molecule has 0 atom stereocenters. The summed E-state index contributed by atoms with van der Waals surface area (Å²) in [6, 6.07) is 2.64. The lowest BCUT2D eigenvalue weighted by Gasteiger charge is -2.34. The number of nitrogen functional groups attached to an aromatic ring is 1. The molecule has 0 radical (unpaired) electrons. The van der Waals surface area contributed by atoms with E-state index in [1.807, 2.05) is 0 Å². The SMILES string of the molecule is COC1CC(NC(=O)c2cc(N)c(F)cc2Br)C1. The van der Waals surface area contributed by atoms with Gasteiger partial charge in [0.25, 0.3) is 5.91 Å². The summed E-state index contributed by atoms with van der Waals surface area (Å²) in [5, 5.41) is 2.86. The Labute approximate surface area is 113 Å². The molecule has 1 amide bonds. The quantitative estimate of drug-likeness (QED) is 0.839. The number of anilines is 1. The fourth-order valence-corrected chi connectivity index (χ4v) is 2.37. The van der Waals surface area contributed by atoms with E-state index in [9.17, 15) is 9.18 Å². The Morgan fingerprint density at radius 1 is 1.56 bits per heavy atom. The Kier molecular flexibility index (Phi) is 3.87. The third-order valence-corrected chi connectivity index (χ3v) is 3.75. The van der Waals surface area contributed by atoms with Crippen molar-refractivity contribution in [2.45, 2.75) is 25.0 Å². The van der Waals surface area contributed by atoms with Crippen LogP contribution in [0.1, 0.15) is 23.2 Å². The van der Waals surface area contributed by atoms with Crippen LogP contribution in [-0.4, -0.2) is 25.2 Å². The third kappa shape index (κ3) is 2.64. The molecule has 98 valence electrons. The van der Waals surface area contributed by atoms with Crippen LogP contribution in [-0.2, 0) is 4.74 Å². The Bertz CT molecular complexity index is 475. The van der Waals surface area contributed by atoms with E-state index in [1.54, 1.807) is 7.11 Å². The molecule has 1 saturated carbocycles. The maximum Gasteiger partial charge on any atom is 0.252 e. The van der Waals surface area contributed by atoms with Crippen LogP contribution in [0.4, 0.5) is 10.1 Å². The molecular formula is C12H14BrFN2O2. The Morgan fingerprint density at radius 3 is 2.83 bits per heavy atom. The second kappa shape index (κ2) is 5.24. The third-order valence-electron chi connectivity index (χ3n) is 3.09. The average Bonchev–Trinajstić information content (AvgIpc) is 2.27. The van der Waals surface area contributed by atoms with Gasteiger partial charge in [0.15, 0.2) is 0 Å². The number of hydrogen-bond donors (Lipinski definition) is 2. The van der Waals surface area contributed by atoms with Crippen molar-refractivity contribution in [2.75, 3.05) is 12.8 Å². The second-order valence-corrected chi connectivity index (χ2v) is 5.21. The molecule has 4 nitrogen and oxygen atoms in total. The topological polar surface area (TPSA) is 64.3 Å². The van der Waals surface area contributed by atoms with Gasteiger partial charge < -0.3 is 15.8 Å². The first-order valence-corrected chi connectivity index (χ1v) is 6.38. The molecule has 6 heteroatoms. The lowest BCUT2D eigenvalue weighted by atomic mass is 9.89. The van der Waals surface area contributed by atoms with Crippen LogP contribution >= 0.6 is 15.9 Å². The maximum atomic E-state index is 13.2. The minimum Gasteiger partial charge on any atom is -0.396 e. The molecule has 1 fully saturated rings. The number of rotatable bonds is 3.